The zero-order valence-corrected chi connectivity index (χ0v) is 13.2. The van der Waals surface area contributed by atoms with Crippen molar-refractivity contribution in [1.29, 1.82) is 0 Å². The van der Waals surface area contributed by atoms with Crippen LogP contribution in [0.1, 0.15) is 70.1 Å². The van der Waals surface area contributed by atoms with Gasteiger partial charge in [-0.2, -0.15) is 0 Å². The van der Waals surface area contributed by atoms with Gasteiger partial charge >= 0.3 is 0 Å². The van der Waals surface area contributed by atoms with Gasteiger partial charge in [-0.15, -0.1) is 0 Å². The lowest BCUT2D eigenvalue weighted by atomic mass is 10.1. The molecule has 0 radical (unpaired) electrons. The lowest BCUT2D eigenvalue weighted by molar-refractivity contribution is 0.292. The Labute approximate surface area is 123 Å². The van der Waals surface area contributed by atoms with Crippen molar-refractivity contribution in [2.75, 3.05) is 6.61 Å². The second-order valence-corrected chi connectivity index (χ2v) is 5.38. The number of nitrogens with zero attached hydrogens (tertiary/aromatic N) is 1. The van der Waals surface area contributed by atoms with Gasteiger partial charge in [0, 0.05) is 18.3 Å². The number of nitrogens with two attached hydrogens (primary N) is 1. The molecule has 0 fully saturated rings. The average Bonchev–Trinajstić information content (AvgIpc) is 2.46. The minimum absolute atomic E-state index is 0.548. The largest absolute Gasteiger partial charge is 0.478 e. The summed E-state index contributed by atoms with van der Waals surface area (Å²) in [5, 5.41) is 0. The summed E-state index contributed by atoms with van der Waals surface area (Å²) in [7, 11) is 0. The van der Waals surface area contributed by atoms with Crippen molar-refractivity contribution in [2.45, 2.75) is 71.8 Å². The Hall–Kier alpha value is -1.09. The zero-order valence-electron chi connectivity index (χ0n) is 13.2. The van der Waals surface area contributed by atoms with Crippen molar-refractivity contribution < 1.29 is 4.74 Å². The lowest BCUT2D eigenvalue weighted by Crippen LogP contribution is -2.04. The molecule has 1 rings (SSSR count). The van der Waals surface area contributed by atoms with E-state index in [1.807, 2.05) is 6.07 Å². The smallest absolute Gasteiger partial charge is 0.213 e. The number of unbranched alkanes of at least 4 members (excludes halogenated alkanes) is 5. The number of ether oxygens (including phenoxy) is 1. The number of hydrogen-bond acceptors (Lipinski definition) is 3. The van der Waals surface area contributed by atoms with Gasteiger partial charge in [-0.25, -0.2) is 4.98 Å². The summed E-state index contributed by atoms with van der Waals surface area (Å²) in [5.74, 6) is 0.741. The van der Waals surface area contributed by atoms with Crippen LogP contribution >= 0.6 is 0 Å². The molecule has 1 aromatic heterocycles. The predicted molar refractivity (Wildman–Crippen MR) is 85.0 cm³/mol. The summed E-state index contributed by atoms with van der Waals surface area (Å²) in [6.07, 6.45) is 9.75. The van der Waals surface area contributed by atoms with Gasteiger partial charge in [-0.3, -0.25) is 0 Å². The Balaban J connectivity index is 2.33. The monoisotopic (exact) mass is 278 g/mol. The SMILES string of the molecule is CCCCCCCCOc1cc(CN)cc(CCC)n1. The molecular formula is C17H30N2O. The van der Waals surface area contributed by atoms with E-state index in [0.29, 0.717) is 6.54 Å². The number of hydrogen-bond donors (Lipinski definition) is 1. The summed E-state index contributed by atoms with van der Waals surface area (Å²) < 4.78 is 5.78. The molecule has 0 aliphatic carbocycles. The zero-order chi connectivity index (χ0) is 14.6. The standard InChI is InChI=1S/C17H30N2O/c1-3-5-6-7-8-9-11-20-17-13-15(14-18)12-16(19-17)10-4-2/h12-13H,3-11,14,18H2,1-2H3. The van der Waals surface area contributed by atoms with Crippen molar-refractivity contribution in [2.24, 2.45) is 5.73 Å². The third-order valence-electron chi connectivity index (χ3n) is 3.40. The van der Waals surface area contributed by atoms with Crippen LogP contribution in [0.2, 0.25) is 0 Å². The number of aryl methyl sites for hydroxylation is 1. The third kappa shape index (κ3) is 6.90. The van der Waals surface area contributed by atoms with Crippen LogP contribution in [0.5, 0.6) is 5.88 Å². The maximum atomic E-state index is 5.78. The van der Waals surface area contributed by atoms with Crippen LogP contribution < -0.4 is 10.5 Å². The molecule has 0 saturated carbocycles. The molecule has 0 aliphatic rings. The minimum Gasteiger partial charge on any atom is -0.478 e. The second-order valence-electron chi connectivity index (χ2n) is 5.38. The molecule has 0 aliphatic heterocycles. The van der Waals surface area contributed by atoms with Crippen LogP contribution in [-0.2, 0) is 13.0 Å². The van der Waals surface area contributed by atoms with E-state index in [4.69, 9.17) is 10.5 Å². The Bertz CT molecular complexity index is 366. The highest BCUT2D eigenvalue weighted by atomic mass is 16.5. The third-order valence-corrected chi connectivity index (χ3v) is 3.40. The fourth-order valence-corrected chi connectivity index (χ4v) is 2.26. The van der Waals surface area contributed by atoms with Crippen LogP contribution in [-0.4, -0.2) is 11.6 Å². The van der Waals surface area contributed by atoms with Gasteiger partial charge in [0.05, 0.1) is 6.61 Å². The predicted octanol–water partition coefficient (Wildman–Crippen LogP) is 4.23. The highest BCUT2D eigenvalue weighted by Gasteiger charge is 2.03. The fraction of sp³-hybridized carbons (Fsp3) is 0.706. The highest BCUT2D eigenvalue weighted by molar-refractivity contribution is 5.25. The van der Waals surface area contributed by atoms with Gasteiger partial charge in [-0.05, 0) is 24.5 Å². The van der Waals surface area contributed by atoms with Crippen LogP contribution in [0, 0.1) is 0 Å². The Morgan fingerprint density at radius 2 is 1.75 bits per heavy atom. The summed E-state index contributed by atoms with van der Waals surface area (Å²) in [6, 6.07) is 4.05. The van der Waals surface area contributed by atoms with Crippen LogP contribution in [0.15, 0.2) is 12.1 Å². The summed E-state index contributed by atoms with van der Waals surface area (Å²) in [5.41, 5.74) is 7.93. The van der Waals surface area contributed by atoms with Gasteiger partial charge < -0.3 is 10.5 Å². The maximum Gasteiger partial charge on any atom is 0.213 e. The molecule has 3 heteroatoms. The lowest BCUT2D eigenvalue weighted by Gasteiger charge is -2.09. The molecule has 1 heterocycles. The maximum absolute atomic E-state index is 5.78. The molecule has 0 unspecified atom stereocenters. The quantitative estimate of drug-likeness (QED) is 0.616. The van der Waals surface area contributed by atoms with Crippen molar-refractivity contribution in [3.8, 4) is 5.88 Å². The van der Waals surface area contributed by atoms with Crippen molar-refractivity contribution >= 4 is 0 Å². The molecule has 0 aromatic carbocycles. The van der Waals surface area contributed by atoms with E-state index in [0.717, 1.165) is 43.0 Å². The van der Waals surface area contributed by atoms with Gasteiger partial charge in [0.15, 0.2) is 0 Å². The number of rotatable bonds is 11. The van der Waals surface area contributed by atoms with Crippen LogP contribution in [0.4, 0.5) is 0 Å². The van der Waals surface area contributed by atoms with E-state index in [1.165, 1.54) is 32.1 Å². The van der Waals surface area contributed by atoms with Gasteiger partial charge in [0.25, 0.3) is 0 Å². The van der Waals surface area contributed by atoms with Gasteiger partial charge in [0.1, 0.15) is 0 Å². The normalized spacial score (nSPS) is 10.8. The van der Waals surface area contributed by atoms with E-state index in [2.05, 4.69) is 24.9 Å². The minimum atomic E-state index is 0.548. The Morgan fingerprint density at radius 1 is 1.00 bits per heavy atom. The molecule has 114 valence electrons. The molecule has 1 aromatic rings. The first kappa shape index (κ1) is 17.0. The van der Waals surface area contributed by atoms with Crippen molar-refractivity contribution in [3.05, 3.63) is 23.4 Å². The van der Waals surface area contributed by atoms with Crippen LogP contribution in [0.3, 0.4) is 0 Å². The Morgan fingerprint density at radius 3 is 2.45 bits per heavy atom. The average molecular weight is 278 g/mol. The highest BCUT2D eigenvalue weighted by Crippen LogP contribution is 2.14. The molecule has 20 heavy (non-hydrogen) atoms. The van der Waals surface area contributed by atoms with Crippen molar-refractivity contribution in [1.82, 2.24) is 4.98 Å². The van der Waals surface area contributed by atoms with E-state index in [-0.39, 0.29) is 0 Å². The molecule has 0 bridgehead atoms. The molecule has 0 amide bonds. The molecule has 3 nitrogen and oxygen atoms in total. The van der Waals surface area contributed by atoms with Gasteiger partial charge in [0.2, 0.25) is 5.88 Å². The molecule has 0 saturated heterocycles. The first-order chi connectivity index (χ1) is 9.80. The van der Waals surface area contributed by atoms with E-state index >= 15 is 0 Å². The van der Waals surface area contributed by atoms with E-state index in [1.54, 1.807) is 0 Å². The molecule has 0 spiro atoms. The van der Waals surface area contributed by atoms with E-state index in [9.17, 15) is 0 Å². The van der Waals surface area contributed by atoms with E-state index < -0.39 is 0 Å². The summed E-state index contributed by atoms with van der Waals surface area (Å²) >= 11 is 0. The Kier molecular flexibility index (Phi) is 9.05. The number of pyridine rings is 1. The first-order valence-corrected chi connectivity index (χ1v) is 8.12. The molecule has 0 atom stereocenters. The topological polar surface area (TPSA) is 48.1 Å². The molecular weight excluding hydrogens is 248 g/mol. The fourth-order valence-electron chi connectivity index (χ4n) is 2.26. The summed E-state index contributed by atoms with van der Waals surface area (Å²) in [6.45, 7) is 5.71. The summed E-state index contributed by atoms with van der Waals surface area (Å²) in [4.78, 5) is 4.54. The number of aromatic nitrogens is 1. The second kappa shape index (κ2) is 10.7. The van der Waals surface area contributed by atoms with Gasteiger partial charge in [-0.1, -0.05) is 52.4 Å². The first-order valence-electron chi connectivity index (χ1n) is 8.12. The van der Waals surface area contributed by atoms with Crippen molar-refractivity contribution in [3.63, 3.8) is 0 Å². The van der Waals surface area contributed by atoms with Crippen LogP contribution in [0.25, 0.3) is 0 Å². The molecule has 2 N–H and O–H groups in total.